The third-order valence-corrected chi connectivity index (χ3v) is 5.32. The van der Waals surface area contributed by atoms with Gasteiger partial charge >= 0.3 is 0 Å². The molecular formula is C20H40O10. The summed E-state index contributed by atoms with van der Waals surface area (Å²) in [5.74, 6) is 0. The Kier molecular flexibility index (Phi) is 12.8. The minimum atomic E-state index is -0.851. The van der Waals surface area contributed by atoms with Crippen LogP contribution in [0.25, 0.3) is 0 Å². The lowest BCUT2D eigenvalue weighted by Crippen LogP contribution is -2.30. The van der Waals surface area contributed by atoms with Crippen LogP contribution >= 0.6 is 0 Å². The minimum Gasteiger partial charge on any atom is -0.394 e. The average molecular weight is 441 g/mol. The van der Waals surface area contributed by atoms with Crippen LogP contribution < -0.4 is 0 Å². The highest BCUT2D eigenvalue weighted by molar-refractivity contribution is 4.84. The number of rotatable bonds is 10. The first-order valence-corrected chi connectivity index (χ1v) is 10.6. The molecule has 0 aromatic rings. The predicted octanol–water partition coefficient (Wildman–Crippen LogP) is -1.43. The first kappa shape index (κ1) is 27.6. The molecule has 10 heteroatoms. The van der Waals surface area contributed by atoms with Gasteiger partial charge < -0.3 is 49.6 Å². The third-order valence-electron chi connectivity index (χ3n) is 5.32. The van der Waals surface area contributed by atoms with Crippen molar-refractivity contribution in [3.63, 3.8) is 0 Å². The number of ether oxygens (including phenoxy) is 4. The van der Waals surface area contributed by atoms with Crippen molar-refractivity contribution >= 4 is 0 Å². The Bertz CT molecular complexity index is 441. The molecule has 2 saturated heterocycles. The summed E-state index contributed by atoms with van der Waals surface area (Å²) in [5, 5.41) is 54.2. The molecular weight excluding hydrogens is 400 g/mol. The van der Waals surface area contributed by atoms with Gasteiger partial charge in [0, 0.05) is 12.8 Å². The molecule has 2 fully saturated rings. The molecule has 0 aliphatic carbocycles. The number of hydrogen-bond acceptors (Lipinski definition) is 10. The Morgan fingerprint density at radius 1 is 0.867 bits per heavy atom. The maximum atomic E-state index is 9.47. The zero-order valence-electron chi connectivity index (χ0n) is 18.3. The Morgan fingerprint density at radius 3 is 1.90 bits per heavy atom. The molecule has 2 aliphatic heterocycles. The first-order valence-electron chi connectivity index (χ1n) is 10.6. The van der Waals surface area contributed by atoms with Gasteiger partial charge in [0.1, 0.15) is 12.2 Å². The molecule has 10 nitrogen and oxygen atoms in total. The van der Waals surface area contributed by atoms with E-state index in [0.717, 1.165) is 0 Å². The second-order valence-corrected chi connectivity index (χ2v) is 8.12. The van der Waals surface area contributed by atoms with E-state index in [-0.39, 0.29) is 63.1 Å². The van der Waals surface area contributed by atoms with E-state index in [0.29, 0.717) is 12.8 Å². The van der Waals surface area contributed by atoms with Crippen LogP contribution in [0.4, 0.5) is 0 Å². The summed E-state index contributed by atoms with van der Waals surface area (Å²) in [6, 6.07) is 0. The Hall–Kier alpha value is -0.400. The Morgan fingerprint density at radius 2 is 1.43 bits per heavy atom. The van der Waals surface area contributed by atoms with Crippen molar-refractivity contribution < 1.29 is 49.6 Å². The van der Waals surface area contributed by atoms with E-state index in [4.69, 9.17) is 39.4 Å². The van der Waals surface area contributed by atoms with E-state index in [1.807, 2.05) is 20.8 Å². The molecule has 30 heavy (non-hydrogen) atoms. The highest BCUT2D eigenvalue weighted by Gasteiger charge is 2.36. The summed E-state index contributed by atoms with van der Waals surface area (Å²) in [5.41, 5.74) is 0. The molecule has 0 aromatic carbocycles. The first-order chi connectivity index (χ1) is 14.1. The molecule has 2 rings (SSSR count). The van der Waals surface area contributed by atoms with Crippen molar-refractivity contribution in [1.29, 1.82) is 0 Å². The summed E-state index contributed by atoms with van der Waals surface area (Å²) >= 11 is 0. The lowest BCUT2D eigenvalue weighted by atomic mass is 10.1. The number of hydrogen-bond donors (Lipinski definition) is 6. The molecule has 10 atom stereocenters. The molecule has 2 aliphatic rings. The van der Waals surface area contributed by atoms with Gasteiger partial charge in [0.2, 0.25) is 0 Å². The van der Waals surface area contributed by atoms with Gasteiger partial charge in [0.05, 0.1) is 75.3 Å². The van der Waals surface area contributed by atoms with Gasteiger partial charge in [0.15, 0.2) is 0 Å². The molecule has 180 valence electrons. The van der Waals surface area contributed by atoms with Crippen molar-refractivity contribution in [2.45, 2.75) is 102 Å². The van der Waals surface area contributed by atoms with Gasteiger partial charge in [-0.1, -0.05) is 0 Å². The molecule has 6 N–H and O–H groups in total. The topological polar surface area (TPSA) is 158 Å². The van der Waals surface area contributed by atoms with Crippen LogP contribution in [0.15, 0.2) is 0 Å². The molecule has 0 saturated carbocycles. The maximum absolute atomic E-state index is 9.47. The molecule has 0 spiro atoms. The predicted molar refractivity (Wildman–Crippen MR) is 107 cm³/mol. The fourth-order valence-corrected chi connectivity index (χ4v) is 3.22. The van der Waals surface area contributed by atoms with Gasteiger partial charge in [-0.2, -0.15) is 0 Å². The highest BCUT2D eigenvalue weighted by Crippen LogP contribution is 2.25. The van der Waals surface area contributed by atoms with E-state index in [2.05, 4.69) is 0 Å². The van der Waals surface area contributed by atoms with Gasteiger partial charge in [-0.3, -0.25) is 0 Å². The van der Waals surface area contributed by atoms with E-state index in [1.165, 1.54) is 0 Å². The summed E-state index contributed by atoms with van der Waals surface area (Å²) in [6.07, 6.45) is -2.37. The van der Waals surface area contributed by atoms with Gasteiger partial charge in [-0.05, 0) is 27.7 Å². The largest absolute Gasteiger partial charge is 0.394 e. The lowest BCUT2D eigenvalue weighted by molar-refractivity contribution is -0.0859. The van der Waals surface area contributed by atoms with Crippen LogP contribution in [0.3, 0.4) is 0 Å². The van der Waals surface area contributed by atoms with Crippen molar-refractivity contribution in [1.82, 2.24) is 0 Å². The molecule has 0 radical (unpaired) electrons. The molecule has 2 heterocycles. The molecule has 10 unspecified atom stereocenters. The average Bonchev–Trinajstić information content (AvgIpc) is 3.26. The summed E-state index contributed by atoms with van der Waals surface area (Å²) in [4.78, 5) is 0. The number of aliphatic hydroxyl groups excluding tert-OH is 6. The normalized spacial score (nSPS) is 35.4. The van der Waals surface area contributed by atoms with Crippen molar-refractivity contribution in [3.05, 3.63) is 0 Å². The summed E-state index contributed by atoms with van der Waals surface area (Å²) in [6.45, 7) is 6.78. The SMILES string of the molecule is CC(O)C1CC(OCC(O)CO)C(C)O1.CC1OC(C(C)OCC(O)CO)CC1O. The van der Waals surface area contributed by atoms with Gasteiger partial charge in [-0.15, -0.1) is 0 Å². The quantitative estimate of drug-likeness (QED) is 0.238. The van der Waals surface area contributed by atoms with Crippen LogP contribution in [-0.4, -0.2) is 118 Å². The van der Waals surface area contributed by atoms with Gasteiger partial charge in [-0.25, -0.2) is 0 Å². The van der Waals surface area contributed by atoms with Crippen LogP contribution in [0.5, 0.6) is 0 Å². The van der Waals surface area contributed by atoms with E-state index in [9.17, 15) is 10.2 Å². The fraction of sp³-hybridized carbons (Fsp3) is 1.00. The standard InChI is InChI=1S/2C10H20O5/c1-6-9(13)3-10(15-6)7(2)14-5-8(12)4-11;1-6(12)9-3-10(7(2)15-9)14-5-8(13)4-11/h2*6-13H,3-5H2,1-2H3. The third kappa shape index (κ3) is 9.39. The number of aliphatic hydroxyl groups is 6. The second kappa shape index (κ2) is 13.9. The van der Waals surface area contributed by atoms with E-state index in [1.54, 1.807) is 6.92 Å². The van der Waals surface area contributed by atoms with Crippen LogP contribution in [0, 0.1) is 0 Å². The van der Waals surface area contributed by atoms with Gasteiger partial charge in [0.25, 0.3) is 0 Å². The zero-order valence-corrected chi connectivity index (χ0v) is 18.3. The van der Waals surface area contributed by atoms with Crippen molar-refractivity contribution in [2.24, 2.45) is 0 Å². The van der Waals surface area contributed by atoms with Crippen LogP contribution in [0.2, 0.25) is 0 Å². The zero-order chi connectivity index (χ0) is 22.8. The highest BCUT2D eigenvalue weighted by atomic mass is 16.6. The molecule has 0 aromatic heterocycles. The summed E-state index contributed by atoms with van der Waals surface area (Å²) in [7, 11) is 0. The Balaban J connectivity index is 0.000000300. The fourth-order valence-electron chi connectivity index (χ4n) is 3.22. The monoisotopic (exact) mass is 440 g/mol. The Labute approximate surface area is 178 Å². The molecule has 0 bridgehead atoms. The van der Waals surface area contributed by atoms with E-state index >= 15 is 0 Å². The van der Waals surface area contributed by atoms with Crippen molar-refractivity contribution in [2.75, 3.05) is 26.4 Å². The molecule has 0 amide bonds. The minimum absolute atomic E-state index is 0.0853. The smallest absolute Gasteiger partial charge is 0.100 e. The summed E-state index contributed by atoms with van der Waals surface area (Å²) < 4.78 is 21.7. The second-order valence-electron chi connectivity index (χ2n) is 8.12. The van der Waals surface area contributed by atoms with Crippen LogP contribution in [-0.2, 0) is 18.9 Å². The van der Waals surface area contributed by atoms with Crippen LogP contribution in [0.1, 0.15) is 40.5 Å². The van der Waals surface area contributed by atoms with Crippen molar-refractivity contribution in [3.8, 4) is 0 Å². The van der Waals surface area contributed by atoms with E-state index < -0.39 is 24.4 Å². The maximum Gasteiger partial charge on any atom is 0.100 e. The lowest BCUT2D eigenvalue weighted by Gasteiger charge is -2.20.